The van der Waals surface area contributed by atoms with Gasteiger partial charge < -0.3 is 5.73 Å². The third-order valence-corrected chi connectivity index (χ3v) is 5.73. The van der Waals surface area contributed by atoms with Gasteiger partial charge in [-0.2, -0.15) is 18.3 Å². The minimum atomic E-state index is -4.55. The number of halogens is 3. The zero-order valence-electron chi connectivity index (χ0n) is 17.0. The van der Waals surface area contributed by atoms with Crippen LogP contribution in [-0.4, -0.2) is 25.7 Å². The molecule has 6 nitrogen and oxygen atoms in total. The maximum atomic E-state index is 13.6. The Morgan fingerprint density at radius 2 is 1.94 bits per heavy atom. The second kappa shape index (κ2) is 7.79. The van der Waals surface area contributed by atoms with Gasteiger partial charge in [-0.25, -0.2) is 9.97 Å². The minimum Gasteiger partial charge on any atom is -0.369 e. The highest BCUT2D eigenvalue weighted by Crippen LogP contribution is 2.49. The summed E-state index contributed by atoms with van der Waals surface area (Å²) in [5.74, 6) is -0.0863. The minimum absolute atomic E-state index is 0.0554. The molecule has 1 amide bonds. The van der Waals surface area contributed by atoms with Crippen molar-refractivity contribution in [2.45, 2.75) is 43.7 Å². The van der Waals surface area contributed by atoms with Crippen molar-refractivity contribution in [1.82, 2.24) is 19.7 Å². The first-order chi connectivity index (χ1) is 14.7. The number of primary amides is 1. The zero-order valence-corrected chi connectivity index (χ0v) is 17.0. The Balaban J connectivity index is 1.62. The number of hydrogen-bond donors (Lipinski definition) is 1. The Bertz CT molecular complexity index is 1120. The molecule has 0 bridgehead atoms. The van der Waals surface area contributed by atoms with Crippen LogP contribution in [0.5, 0.6) is 0 Å². The zero-order chi connectivity index (χ0) is 22.2. The van der Waals surface area contributed by atoms with E-state index in [1.807, 2.05) is 24.3 Å². The fraction of sp³-hybridized carbons (Fsp3) is 0.364. The number of alkyl halides is 3. The highest BCUT2D eigenvalue weighted by Gasteiger charge is 2.50. The molecule has 1 aliphatic rings. The highest BCUT2D eigenvalue weighted by atomic mass is 19.4. The number of nitrogens with zero attached hydrogens (tertiary/aromatic N) is 4. The van der Waals surface area contributed by atoms with E-state index in [9.17, 15) is 18.0 Å². The molecule has 0 aliphatic heterocycles. The van der Waals surface area contributed by atoms with E-state index in [0.717, 1.165) is 22.9 Å². The van der Waals surface area contributed by atoms with Crippen LogP contribution in [0.1, 0.15) is 46.6 Å². The molecule has 2 aromatic heterocycles. The Morgan fingerprint density at radius 3 is 2.55 bits per heavy atom. The van der Waals surface area contributed by atoms with Crippen LogP contribution in [0.4, 0.5) is 13.2 Å². The van der Waals surface area contributed by atoms with Gasteiger partial charge in [0.1, 0.15) is 5.82 Å². The molecule has 2 N–H and O–H groups in total. The van der Waals surface area contributed by atoms with Gasteiger partial charge in [0, 0.05) is 25.9 Å². The van der Waals surface area contributed by atoms with E-state index >= 15 is 0 Å². The van der Waals surface area contributed by atoms with Crippen molar-refractivity contribution < 1.29 is 18.0 Å². The van der Waals surface area contributed by atoms with Crippen molar-refractivity contribution in [3.8, 4) is 0 Å². The van der Waals surface area contributed by atoms with E-state index in [2.05, 4.69) is 15.1 Å². The molecule has 2 heterocycles. The van der Waals surface area contributed by atoms with E-state index in [1.165, 1.54) is 0 Å². The number of carbonyl (C=O) groups is 1. The van der Waals surface area contributed by atoms with Crippen LogP contribution in [0.2, 0.25) is 0 Å². The van der Waals surface area contributed by atoms with Crippen LogP contribution in [0, 0.1) is 0 Å². The SMILES string of the molecule is Cn1cc(Cc2ncc(C(F)(F)F)c(CCc3ccccc3C3(C(N)=O)CC3)n2)cn1. The van der Waals surface area contributed by atoms with Gasteiger partial charge in [0.25, 0.3) is 0 Å². The summed E-state index contributed by atoms with van der Waals surface area (Å²) in [4.78, 5) is 20.1. The predicted octanol–water partition coefficient (Wildman–Crippen LogP) is 3.12. The quantitative estimate of drug-likeness (QED) is 0.625. The summed E-state index contributed by atoms with van der Waals surface area (Å²) < 4.78 is 42.3. The maximum absolute atomic E-state index is 13.6. The summed E-state index contributed by atoms with van der Waals surface area (Å²) in [5.41, 5.74) is 6.46. The normalized spacial score (nSPS) is 15.1. The number of aromatic nitrogens is 4. The summed E-state index contributed by atoms with van der Waals surface area (Å²) in [7, 11) is 1.76. The van der Waals surface area contributed by atoms with Crippen LogP contribution in [0.25, 0.3) is 0 Å². The van der Waals surface area contributed by atoms with Gasteiger partial charge in [0.15, 0.2) is 0 Å². The molecular weight excluding hydrogens is 407 g/mol. The Kier molecular flexibility index (Phi) is 5.28. The molecule has 1 fully saturated rings. The summed E-state index contributed by atoms with van der Waals surface area (Å²) in [5, 5.41) is 4.06. The van der Waals surface area contributed by atoms with E-state index in [4.69, 9.17) is 5.73 Å². The van der Waals surface area contributed by atoms with Crippen molar-refractivity contribution >= 4 is 5.91 Å². The number of aryl methyl sites for hydroxylation is 3. The first-order valence-corrected chi connectivity index (χ1v) is 9.97. The molecular formula is C22H22F3N5O. The van der Waals surface area contributed by atoms with Gasteiger partial charge in [-0.1, -0.05) is 24.3 Å². The lowest BCUT2D eigenvalue weighted by Crippen LogP contribution is -2.29. The molecule has 162 valence electrons. The molecule has 1 saturated carbocycles. The van der Waals surface area contributed by atoms with Crippen LogP contribution in [0.3, 0.4) is 0 Å². The Labute approximate surface area is 177 Å². The van der Waals surface area contributed by atoms with Gasteiger partial charge in [-0.05, 0) is 42.4 Å². The number of nitrogens with two attached hydrogens (primary N) is 1. The second-order valence-corrected chi connectivity index (χ2v) is 7.95. The second-order valence-electron chi connectivity index (χ2n) is 7.95. The number of hydrogen-bond acceptors (Lipinski definition) is 4. The molecule has 1 aromatic carbocycles. The summed E-state index contributed by atoms with van der Waals surface area (Å²) in [6.45, 7) is 0. The third kappa shape index (κ3) is 4.30. The Hall–Kier alpha value is -3.23. The van der Waals surface area contributed by atoms with E-state index in [0.29, 0.717) is 31.5 Å². The van der Waals surface area contributed by atoms with Gasteiger partial charge in [0.05, 0.1) is 22.9 Å². The molecule has 0 atom stereocenters. The van der Waals surface area contributed by atoms with Crippen molar-refractivity contribution in [1.29, 1.82) is 0 Å². The molecule has 4 rings (SSSR count). The summed E-state index contributed by atoms with van der Waals surface area (Å²) in [6, 6.07) is 7.31. The van der Waals surface area contributed by atoms with Crippen molar-refractivity contribution in [2.75, 3.05) is 0 Å². The molecule has 0 spiro atoms. The standard InChI is InChI=1S/C22H22F3N5O/c1-30-13-14(11-28-30)10-19-27-12-17(22(23,24)25)18(29-19)7-6-15-4-2-3-5-16(15)21(8-9-21)20(26)31/h2-5,11-13H,6-10H2,1H3,(H2,26,31). The summed E-state index contributed by atoms with van der Waals surface area (Å²) >= 11 is 0. The van der Waals surface area contributed by atoms with Crippen LogP contribution in [-0.2, 0) is 42.7 Å². The van der Waals surface area contributed by atoms with E-state index in [-0.39, 0.29) is 12.1 Å². The number of benzene rings is 1. The lowest BCUT2D eigenvalue weighted by molar-refractivity contribution is -0.138. The van der Waals surface area contributed by atoms with Crippen LogP contribution in [0.15, 0.2) is 42.9 Å². The lowest BCUT2D eigenvalue weighted by atomic mass is 9.88. The third-order valence-electron chi connectivity index (χ3n) is 5.73. The highest BCUT2D eigenvalue weighted by molar-refractivity contribution is 5.90. The first kappa shape index (κ1) is 21.0. The van der Waals surface area contributed by atoms with Crippen LogP contribution >= 0.6 is 0 Å². The average Bonchev–Trinajstić information content (AvgIpc) is 3.43. The fourth-order valence-electron chi connectivity index (χ4n) is 3.95. The molecule has 0 unspecified atom stereocenters. The largest absolute Gasteiger partial charge is 0.419 e. The molecule has 1 aliphatic carbocycles. The lowest BCUT2D eigenvalue weighted by Gasteiger charge is -2.17. The molecule has 0 saturated heterocycles. The molecule has 0 radical (unpaired) electrons. The van der Waals surface area contributed by atoms with Gasteiger partial charge in [-0.15, -0.1) is 0 Å². The van der Waals surface area contributed by atoms with Gasteiger partial charge >= 0.3 is 6.18 Å². The number of amides is 1. The van der Waals surface area contributed by atoms with E-state index < -0.39 is 23.1 Å². The predicted molar refractivity (Wildman–Crippen MR) is 107 cm³/mol. The van der Waals surface area contributed by atoms with Gasteiger partial charge in [0.2, 0.25) is 5.91 Å². The van der Waals surface area contributed by atoms with Crippen molar-refractivity contribution in [3.05, 3.63) is 76.6 Å². The topological polar surface area (TPSA) is 86.7 Å². The maximum Gasteiger partial charge on any atom is 0.419 e. The summed E-state index contributed by atoms with van der Waals surface area (Å²) in [6.07, 6.45) is 1.72. The van der Waals surface area contributed by atoms with Gasteiger partial charge in [-0.3, -0.25) is 9.48 Å². The van der Waals surface area contributed by atoms with Crippen molar-refractivity contribution in [3.63, 3.8) is 0 Å². The van der Waals surface area contributed by atoms with E-state index in [1.54, 1.807) is 24.1 Å². The fourth-order valence-corrected chi connectivity index (χ4v) is 3.95. The van der Waals surface area contributed by atoms with Crippen LogP contribution < -0.4 is 5.73 Å². The molecule has 31 heavy (non-hydrogen) atoms. The number of rotatable bonds is 7. The molecule has 9 heteroatoms. The molecule has 3 aromatic rings. The van der Waals surface area contributed by atoms with Crippen molar-refractivity contribution in [2.24, 2.45) is 12.8 Å². The average molecular weight is 429 g/mol. The Morgan fingerprint density at radius 1 is 1.19 bits per heavy atom. The monoisotopic (exact) mass is 429 g/mol. The first-order valence-electron chi connectivity index (χ1n) is 9.97. The smallest absolute Gasteiger partial charge is 0.369 e. The number of carbonyl (C=O) groups excluding carboxylic acids is 1.